The van der Waals surface area contributed by atoms with Crippen LogP contribution in [0.3, 0.4) is 0 Å². The van der Waals surface area contributed by atoms with Gasteiger partial charge < -0.3 is 19.7 Å². The Morgan fingerprint density at radius 3 is 2.86 bits per heavy atom. The maximum absolute atomic E-state index is 13.2. The van der Waals surface area contributed by atoms with E-state index in [4.69, 9.17) is 9.47 Å². The number of carbonyl (C=O) groups is 2. The van der Waals surface area contributed by atoms with Crippen LogP contribution >= 0.6 is 11.3 Å². The number of amides is 2. The molecule has 1 aliphatic heterocycles. The zero-order valence-electron chi connectivity index (χ0n) is 19.9. The van der Waals surface area contributed by atoms with Gasteiger partial charge in [-0.15, -0.1) is 11.3 Å². The van der Waals surface area contributed by atoms with Gasteiger partial charge in [0.1, 0.15) is 12.3 Å². The van der Waals surface area contributed by atoms with Crippen LogP contribution in [0, 0.1) is 0 Å². The summed E-state index contributed by atoms with van der Waals surface area (Å²) in [6.45, 7) is 2.00. The molecule has 1 aliphatic rings. The zero-order valence-corrected chi connectivity index (χ0v) is 20.7. The monoisotopic (exact) mass is 502 g/mol. The van der Waals surface area contributed by atoms with Crippen molar-refractivity contribution in [2.75, 3.05) is 32.1 Å². The van der Waals surface area contributed by atoms with Crippen LogP contribution in [0.1, 0.15) is 28.1 Å². The van der Waals surface area contributed by atoms with E-state index in [0.29, 0.717) is 42.6 Å². The summed E-state index contributed by atoms with van der Waals surface area (Å²) in [5, 5.41) is 3.95. The SMILES string of the molecule is COCc1cccc(-c2ncc(OCCN3CCCC3=O)nc2NC(=O)c2cc3ccccc3s2)c1. The van der Waals surface area contributed by atoms with Crippen LogP contribution in [0.4, 0.5) is 5.82 Å². The van der Waals surface area contributed by atoms with Crippen LogP contribution < -0.4 is 10.1 Å². The Morgan fingerprint density at radius 2 is 2.06 bits per heavy atom. The third-order valence-electron chi connectivity index (χ3n) is 5.93. The van der Waals surface area contributed by atoms with Crippen molar-refractivity contribution in [2.45, 2.75) is 19.4 Å². The Labute approximate surface area is 212 Å². The Kier molecular flexibility index (Phi) is 7.20. The number of hydrogen-bond acceptors (Lipinski definition) is 7. The molecule has 8 nitrogen and oxygen atoms in total. The summed E-state index contributed by atoms with van der Waals surface area (Å²) in [5.41, 5.74) is 2.32. The fourth-order valence-electron chi connectivity index (χ4n) is 4.18. The van der Waals surface area contributed by atoms with Crippen LogP contribution in [-0.2, 0) is 16.1 Å². The Bertz CT molecular complexity index is 1370. The van der Waals surface area contributed by atoms with E-state index in [1.807, 2.05) is 54.6 Å². The number of carbonyl (C=O) groups excluding carboxylic acids is 2. The average molecular weight is 503 g/mol. The van der Waals surface area contributed by atoms with Crippen molar-refractivity contribution >= 4 is 39.1 Å². The standard InChI is InChI=1S/C27H26N4O4S/c1-34-17-18-6-4-8-20(14-18)25-26(30-27(33)22-15-19-7-2-3-9-21(19)36-22)29-23(16-28-25)35-13-12-31-11-5-10-24(31)32/h2-4,6-9,14-16H,5,10-13,17H2,1H3,(H,29,30,33). The van der Waals surface area contributed by atoms with Gasteiger partial charge in [-0.1, -0.05) is 36.4 Å². The summed E-state index contributed by atoms with van der Waals surface area (Å²) in [7, 11) is 1.64. The Hall–Kier alpha value is -3.82. The highest BCUT2D eigenvalue weighted by atomic mass is 32.1. The Morgan fingerprint density at radius 1 is 1.17 bits per heavy atom. The minimum absolute atomic E-state index is 0.146. The topological polar surface area (TPSA) is 93.7 Å². The van der Waals surface area contributed by atoms with E-state index < -0.39 is 0 Å². The van der Waals surface area contributed by atoms with Gasteiger partial charge in [0.2, 0.25) is 11.8 Å². The highest BCUT2D eigenvalue weighted by Gasteiger charge is 2.20. The number of nitrogens with one attached hydrogen (secondary N) is 1. The van der Waals surface area contributed by atoms with Crippen LogP contribution in [-0.4, -0.2) is 53.5 Å². The largest absolute Gasteiger partial charge is 0.475 e. The first-order chi connectivity index (χ1) is 17.6. The lowest BCUT2D eigenvalue weighted by molar-refractivity contribution is -0.128. The van der Waals surface area contributed by atoms with E-state index in [0.717, 1.165) is 34.2 Å². The number of ether oxygens (including phenoxy) is 2. The summed E-state index contributed by atoms with van der Waals surface area (Å²) < 4.78 is 12.1. The summed E-state index contributed by atoms with van der Waals surface area (Å²) in [4.78, 5) is 36.6. The first-order valence-corrected chi connectivity index (χ1v) is 12.6. The second kappa shape index (κ2) is 10.8. The van der Waals surface area contributed by atoms with Crippen molar-refractivity contribution < 1.29 is 19.1 Å². The molecule has 0 unspecified atom stereocenters. The predicted octanol–water partition coefficient (Wildman–Crippen LogP) is 4.76. The third-order valence-corrected chi connectivity index (χ3v) is 7.04. The van der Waals surface area contributed by atoms with Crippen molar-refractivity contribution in [3.63, 3.8) is 0 Å². The normalized spacial score (nSPS) is 13.4. The molecule has 36 heavy (non-hydrogen) atoms. The fourth-order valence-corrected chi connectivity index (χ4v) is 5.14. The quantitative estimate of drug-likeness (QED) is 0.355. The van der Waals surface area contributed by atoms with Crippen LogP contribution in [0.5, 0.6) is 5.88 Å². The molecule has 184 valence electrons. The highest BCUT2D eigenvalue weighted by molar-refractivity contribution is 7.20. The minimum atomic E-state index is -0.264. The van der Waals surface area contributed by atoms with Gasteiger partial charge in [0.15, 0.2) is 5.82 Å². The number of nitrogens with zero attached hydrogens (tertiary/aromatic N) is 3. The van der Waals surface area contributed by atoms with Gasteiger partial charge in [-0.2, -0.15) is 4.98 Å². The molecule has 1 fully saturated rings. The van der Waals surface area contributed by atoms with Gasteiger partial charge >= 0.3 is 0 Å². The molecule has 2 aromatic carbocycles. The molecule has 5 rings (SSSR count). The number of methoxy groups -OCH3 is 1. The minimum Gasteiger partial charge on any atom is -0.475 e. The molecule has 0 spiro atoms. The molecule has 3 heterocycles. The van der Waals surface area contributed by atoms with Crippen LogP contribution in [0.2, 0.25) is 0 Å². The molecule has 0 atom stereocenters. The first kappa shape index (κ1) is 23.9. The van der Waals surface area contributed by atoms with Crippen LogP contribution in [0.15, 0.2) is 60.8 Å². The van der Waals surface area contributed by atoms with E-state index in [-0.39, 0.29) is 17.7 Å². The summed E-state index contributed by atoms with van der Waals surface area (Å²) in [5.74, 6) is 0.471. The number of anilines is 1. The molecule has 0 bridgehead atoms. The molecule has 0 saturated carbocycles. The number of fused-ring (bicyclic) bond motifs is 1. The van der Waals surface area contributed by atoms with E-state index in [9.17, 15) is 9.59 Å². The van der Waals surface area contributed by atoms with Gasteiger partial charge in [0.25, 0.3) is 5.91 Å². The lowest BCUT2D eigenvalue weighted by Crippen LogP contribution is -2.29. The molecule has 0 radical (unpaired) electrons. The second-order valence-corrected chi connectivity index (χ2v) is 9.56. The lowest BCUT2D eigenvalue weighted by Gasteiger charge is -2.16. The maximum atomic E-state index is 13.2. The smallest absolute Gasteiger partial charge is 0.266 e. The van der Waals surface area contributed by atoms with Crippen molar-refractivity contribution in [2.24, 2.45) is 0 Å². The molecule has 0 aliphatic carbocycles. The molecule has 2 aromatic heterocycles. The van der Waals surface area contributed by atoms with Crippen LogP contribution in [0.25, 0.3) is 21.3 Å². The lowest BCUT2D eigenvalue weighted by atomic mass is 10.1. The summed E-state index contributed by atoms with van der Waals surface area (Å²) in [6, 6.07) is 17.5. The molecule has 2 amide bonds. The molecule has 1 saturated heterocycles. The van der Waals surface area contributed by atoms with Crippen molar-refractivity contribution in [3.8, 4) is 17.1 Å². The molecular formula is C27H26N4O4S. The number of likely N-dealkylation sites (tertiary alicyclic amines) is 1. The fraction of sp³-hybridized carbons (Fsp3) is 0.259. The van der Waals surface area contributed by atoms with Crippen molar-refractivity contribution in [1.82, 2.24) is 14.9 Å². The molecule has 1 N–H and O–H groups in total. The second-order valence-electron chi connectivity index (χ2n) is 8.47. The number of thiophene rings is 1. The summed E-state index contributed by atoms with van der Waals surface area (Å²) in [6.07, 6.45) is 3.01. The molecule has 4 aromatic rings. The van der Waals surface area contributed by atoms with Crippen molar-refractivity contribution in [1.29, 1.82) is 0 Å². The van der Waals surface area contributed by atoms with E-state index >= 15 is 0 Å². The Balaban J connectivity index is 1.41. The maximum Gasteiger partial charge on any atom is 0.266 e. The average Bonchev–Trinajstić information content (AvgIpc) is 3.51. The van der Waals surface area contributed by atoms with Crippen molar-refractivity contribution in [3.05, 3.63) is 71.2 Å². The predicted molar refractivity (Wildman–Crippen MR) is 139 cm³/mol. The van der Waals surface area contributed by atoms with Gasteiger partial charge in [0, 0.05) is 30.3 Å². The number of benzene rings is 2. The number of aromatic nitrogens is 2. The number of hydrogen-bond donors (Lipinski definition) is 1. The highest BCUT2D eigenvalue weighted by Crippen LogP contribution is 2.30. The van der Waals surface area contributed by atoms with Gasteiger partial charge in [-0.25, -0.2) is 4.98 Å². The molecular weight excluding hydrogens is 476 g/mol. The van der Waals surface area contributed by atoms with E-state index in [2.05, 4.69) is 15.3 Å². The third kappa shape index (κ3) is 5.37. The number of rotatable bonds is 9. The van der Waals surface area contributed by atoms with Gasteiger partial charge in [0.05, 0.1) is 24.2 Å². The van der Waals surface area contributed by atoms with E-state index in [1.165, 1.54) is 11.3 Å². The van der Waals surface area contributed by atoms with E-state index in [1.54, 1.807) is 18.2 Å². The van der Waals surface area contributed by atoms with Gasteiger partial charge in [-0.05, 0) is 35.6 Å². The first-order valence-electron chi connectivity index (χ1n) is 11.8. The summed E-state index contributed by atoms with van der Waals surface area (Å²) >= 11 is 1.42. The van der Waals surface area contributed by atoms with Gasteiger partial charge in [-0.3, -0.25) is 9.59 Å². The molecule has 9 heteroatoms. The zero-order chi connectivity index (χ0) is 24.9.